The number of ether oxygens (including phenoxy) is 3. The SMILES string of the molecule is COc1ccccc1C1/C(=C(\O)c2c(OC)cccc2OC)C(=O)C(=O)N1c1ccc(C)cc1C. The van der Waals surface area contributed by atoms with Gasteiger partial charge in [0.15, 0.2) is 0 Å². The van der Waals surface area contributed by atoms with Crippen molar-refractivity contribution >= 4 is 23.1 Å². The number of benzene rings is 3. The highest BCUT2D eigenvalue weighted by molar-refractivity contribution is 6.52. The molecule has 180 valence electrons. The van der Waals surface area contributed by atoms with Gasteiger partial charge in [0.25, 0.3) is 11.7 Å². The van der Waals surface area contributed by atoms with E-state index in [1.54, 1.807) is 42.5 Å². The molecule has 0 aromatic heterocycles. The van der Waals surface area contributed by atoms with Crippen LogP contribution in [-0.2, 0) is 9.59 Å². The number of methoxy groups -OCH3 is 3. The molecular formula is C28H27NO6. The summed E-state index contributed by atoms with van der Waals surface area (Å²) in [6.07, 6.45) is 0. The molecule has 35 heavy (non-hydrogen) atoms. The lowest BCUT2D eigenvalue weighted by molar-refractivity contribution is -0.132. The van der Waals surface area contributed by atoms with E-state index in [-0.39, 0.29) is 16.9 Å². The van der Waals surface area contributed by atoms with Crippen LogP contribution in [0.15, 0.2) is 66.2 Å². The molecule has 1 aliphatic rings. The van der Waals surface area contributed by atoms with Crippen LogP contribution in [0.4, 0.5) is 5.69 Å². The van der Waals surface area contributed by atoms with Crippen molar-refractivity contribution in [2.75, 3.05) is 26.2 Å². The normalized spacial score (nSPS) is 16.9. The molecule has 1 saturated heterocycles. The van der Waals surface area contributed by atoms with E-state index in [0.717, 1.165) is 11.1 Å². The summed E-state index contributed by atoms with van der Waals surface area (Å²) >= 11 is 0. The number of Topliss-reactive ketones (excluding diaryl/α,β-unsaturated/α-hetero) is 1. The zero-order valence-electron chi connectivity index (χ0n) is 20.3. The largest absolute Gasteiger partial charge is 0.506 e. The molecule has 0 spiro atoms. The maximum Gasteiger partial charge on any atom is 0.300 e. The molecule has 0 aliphatic carbocycles. The second kappa shape index (κ2) is 9.54. The number of aryl methyl sites for hydroxylation is 2. The lowest BCUT2D eigenvalue weighted by atomic mass is 9.93. The quantitative estimate of drug-likeness (QED) is 0.310. The van der Waals surface area contributed by atoms with Crippen molar-refractivity contribution in [1.29, 1.82) is 0 Å². The third-order valence-corrected chi connectivity index (χ3v) is 6.15. The number of hydrogen-bond donors (Lipinski definition) is 1. The first-order valence-corrected chi connectivity index (χ1v) is 11.1. The third-order valence-electron chi connectivity index (χ3n) is 6.15. The number of aliphatic hydroxyl groups is 1. The molecule has 4 rings (SSSR count). The Balaban J connectivity index is 2.07. The zero-order valence-corrected chi connectivity index (χ0v) is 20.3. The fourth-order valence-electron chi connectivity index (χ4n) is 4.56. The molecule has 0 bridgehead atoms. The molecule has 3 aromatic carbocycles. The van der Waals surface area contributed by atoms with Gasteiger partial charge < -0.3 is 19.3 Å². The predicted molar refractivity (Wildman–Crippen MR) is 133 cm³/mol. The first-order chi connectivity index (χ1) is 16.8. The molecule has 3 aromatic rings. The number of amides is 1. The van der Waals surface area contributed by atoms with E-state index >= 15 is 0 Å². The number of anilines is 1. The highest BCUT2D eigenvalue weighted by Gasteiger charge is 2.48. The Morgan fingerprint density at radius 3 is 2.03 bits per heavy atom. The molecule has 7 heteroatoms. The number of carbonyl (C=O) groups is 2. The minimum absolute atomic E-state index is 0.0812. The fraction of sp³-hybridized carbons (Fsp3) is 0.214. The van der Waals surface area contributed by atoms with Gasteiger partial charge in [-0.15, -0.1) is 0 Å². The van der Waals surface area contributed by atoms with Gasteiger partial charge in [-0.25, -0.2) is 0 Å². The van der Waals surface area contributed by atoms with E-state index in [4.69, 9.17) is 14.2 Å². The van der Waals surface area contributed by atoms with Gasteiger partial charge in [0.1, 0.15) is 28.6 Å². The first-order valence-electron chi connectivity index (χ1n) is 11.1. The lowest BCUT2D eigenvalue weighted by Gasteiger charge is -2.28. The van der Waals surface area contributed by atoms with E-state index in [1.165, 1.54) is 26.2 Å². The number of carbonyl (C=O) groups excluding carboxylic acids is 2. The Labute approximate surface area is 204 Å². The summed E-state index contributed by atoms with van der Waals surface area (Å²) in [5, 5.41) is 11.6. The van der Waals surface area contributed by atoms with Gasteiger partial charge in [0.05, 0.1) is 32.9 Å². The standard InChI is InChI=1S/C28H27NO6/c1-16-13-14-19(17(2)15-16)29-25(18-9-6-7-10-20(18)33-3)24(27(31)28(29)32)26(30)23-21(34-4)11-8-12-22(23)35-5/h6-15,25,30H,1-5H3/b26-24+. The molecule has 7 nitrogen and oxygen atoms in total. The average molecular weight is 474 g/mol. The Bertz CT molecular complexity index is 1320. The molecule has 1 atom stereocenters. The molecule has 1 N–H and O–H groups in total. The van der Waals surface area contributed by atoms with Crippen LogP contribution in [-0.4, -0.2) is 38.1 Å². The van der Waals surface area contributed by atoms with E-state index < -0.39 is 17.7 Å². The summed E-state index contributed by atoms with van der Waals surface area (Å²) in [7, 11) is 4.43. The summed E-state index contributed by atoms with van der Waals surface area (Å²) < 4.78 is 16.5. The van der Waals surface area contributed by atoms with E-state index in [2.05, 4.69) is 0 Å². The van der Waals surface area contributed by atoms with Crippen molar-refractivity contribution < 1.29 is 28.9 Å². The second-order valence-electron chi connectivity index (χ2n) is 8.24. The van der Waals surface area contributed by atoms with Gasteiger partial charge in [-0.3, -0.25) is 14.5 Å². The number of aliphatic hydroxyl groups excluding tert-OH is 1. The van der Waals surface area contributed by atoms with Crippen molar-refractivity contribution in [2.24, 2.45) is 0 Å². The van der Waals surface area contributed by atoms with Crippen molar-refractivity contribution in [3.8, 4) is 17.2 Å². The number of nitrogens with zero attached hydrogens (tertiary/aromatic N) is 1. The molecule has 1 amide bonds. The molecule has 1 aliphatic heterocycles. The van der Waals surface area contributed by atoms with Crippen molar-refractivity contribution in [1.82, 2.24) is 0 Å². The van der Waals surface area contributed by atoms with Crippen LogP contribution in [0.2, 0.25) is 0 Å². The number of rotatable bonds is 6. The Hall–Kier alpha value is -4.26. The van der Waals surface area contributed by atoms with Crippen LogP contribution in [0.5, 0.6) is 17.2 Å². The minimum atomic E-state index is -0.942. The number of para-hydroxylation sites is 1. The first kappa shape index (κ1) is 23.9. The second-order valence-corrected chi connectivity index (χ2v) is 8.24. The van der Waals surface area contributed by atoms with E-state index in [9.17, 15) is 14.7 Å². The monoisotopic (exact) mass is 473 g/mol. The van der Waals surface area contributed by atoms with Gasteiger partial charge in [-0.2, -0.15) is 0 Å². The molecular weight excluding hydrogens is 446 g/mol. The van der Waals surface area contributed by atoms with E-state index in [1.807, 2.05) is 32.0 Å². The molecule has 0 radical (unpaired) electrons. The van der Waals surface area contributed by atoms with Gasteiger partial charge in [0, 0.05) is 11.3 Å². The highest BCUT2D eigenvalue weighted by Crippen LogP contribution is 2.47. The van der Waals surface area contributed by atoms with Crippen LogP contribution < -0.4 is 19.1 Å². The van der Waals surface area contributed by atoms with Gasteiger partial charge >= 0.3 is 0 Å². The Morgan fingerprint density at radius 1 is 0.829 bits per heavy atom. The Morgan fingerprint density at radius 2 is 1.43 bits per heavy atom. The van der Waals surface area contributed by atoms with Crippen LogP contribution in [0.3, 0.4) is 0 Å². The fourth-order valence-corrected chi connectivity index (χ4v) is 4.56. The summed E-state index contributed by atoms with van der Waals surface area (Å²) in [4.78, 5) is 28.5. The van der Waals surface area contributed by atoms with Gasteiger partial charge in [0.2, 0.25) is 0 Å². The number of hydrogen-bond acceptors (Lipinski definition) is 6. The summed E-state index contributed by atoms with van der Waals surface area (Å²) in [5.74, 6) is -0.862. The van der Waals surface area contributed by atoms with Crippen molar-refractivity contribution in [3.63, 3.8) is 0 Å². The zero-order chi connectivity index (χ0) is 25.3. The highest BCUT2D eigenvalue weighted by atomic mass is 16.5. The van der Waals surface area contributed by atoms with Crippen molar-refractivity contribution in [2.45, 2.75) is 19.9 Å². The predicted octanol–water partition coefficient (Wildman–Crippen LogP) is 4.96. The van der Waals surface area contributed by atoms with Gasteiger partial charge in [-0.1, -0.05) is 42.0 Å². The molecule has 1 fully saturated rings. The van der Waals surface area contributed by atoms with Crippen LogP contribution in [0.25, 0.3) is 5.76 Å². The summed E-state index contributed by atoms with van der Waals surface area (Å²) in [6.45, 7) is 3.83. The lowest BCUT2D eigenvalue weighted by Crippen LogP contribution is -2.30. The smallest absolute Gasteiger partial charge is 0.300 e. The minimum Gasteiger partial charge on any atom is -0.506 e. The van der Waals surface area contributed by atoms with Crippen LogP contribution in [0.1, 0.15) is 28.3 Å². The maximum absolute atomic E-state index is 13.5. The maximum atomic E-state index is 13.5. The molecule has 1 unspecified atom stereocenters. The Kier molecular flexibility index (Phi) is 6.51. The summed E-state index contributed by atoms with van der Waals surface area (Å²) in [5.41, 5.74) is 3.08. The molecule has 1 heterocycles. The van der Waals surface area contributed by atoms with Crippen molar-refractivity contribution in [3.05, 3.63) is 88.5 Å². The van der Waals surface area contributed by atoms with Crippen LogP contribution >= 0.6 is 0 Å². The topological polar surface area (TPSA) is 85.3 Å². The molecule has 0 saturated carbocycles. The average Bonchev–Trinajstić information content (AvgIpc) is 3.13. The summed E-state index contributed by atoms with van der Waals surface area (Å²) in [6, 6.07) is 16.8. The van der Waals surface area contributed by atoms with E-state index in [0.29, 0.717) is 28.5 Å². The number of ketones is 1. The van der Waals surface area contributed by atoms with Gasteiger partial charge in [-0.05, 0) is 43.7 Å². The van der Waals surface area contributed by atoms with Crippen LogP contribution in [0, 0.1) is 13.8 Å². The third kappa shape index (κ3) is 3.99.